The highest BCUT2D eigenvalue weighted by Gasteiger charge is 2.18. The molecule has 1 aromatic rings. The van der Waals surface area contributed by atoms with E-state index in [4.69, 9.17) is 14.6 Å². The van der Waals surface area contributed by atoms with Crippen molar-refractivity contribution in [3.05, 3.63) is 24.3 Å². The second-order valence-electron chi connectivity index (χ2n) is 3.62. The van der Waals surface area contributed by atoms with Crippen molar-refractivity contribution in [1.29, 1.82) is 0 Å². The Morgan fingerprint density at radius 1 is 1.47 bits per heavy atom. The van der Waals surface area contributed by atoms with Gasteiger partial charge in [0.15, 0.2) is 0 Å². The monoisotopic (exact) mass is 240 g/mol. The minimum atomic E-state index is -0.915. The van der Waals surface area contributed by atoms with Crippen molar-refractivity contribution in [2.45, 2.75) is 6.42 Å². The third kappa shape index (κ3) is 4.74. The van der Waals surface area contributed by atoms with Crippen molar-refractivity contribution >= 4 is 5.97 Å². The van der Waals surface area contributed by atoms with Gasteiger partial charge in [0.25, 0.3) is 0 Å². The molecule has 0 aliphatic carbocycles. The summed E-state index contributed by atoms with van der Waals surface area (Å²) in [5.74, 6) is -0.987. The molecule has 5 heteroatoms. The molecule has 2 N–H and O–H groups in total. The fourth-order valence-electron chi connectivity index (χ4n) is 1.31. The summed E-state index contributed by atoms with van der Waals surface area (Å²) >= 11 is 0. The Morgan fingerprint density at radius 2 is 2.24 bits per heavy atom. The zero-order chi connectivity index (χ0) is 12.7. The first-order chi connectivity index (χ1) is 8.13. The molecule has 0 aliphatic heterocycles. The molecule has 1 unspecified atom stereocenters. The second kappa shape index (κ2) is 6.75. The Kier molecular flexibility index (Phi) is 5.29. The van der Waals surface area contributed by atoms with E-state index in [9.17, 15) is 9.90 Å². The zero-order valence-electron chi connectivity index (χ0n) is 9.63. The van der Waals surface area contributed by atoms with Crippen molar-refractivity contribution in [3.8, 4) is 11.5 Å². The Balaban J connectivity index is 2.48. The summed E-state index contributed by atoms with van der Waals surface area (Å²) < 4.78 is 10.1. The summed E-state index contributed by atoms with van der Waals surface area (Å²) in [6.45, 7) is 0.433. The van der Waals surface area contributed by atoms with Crippen LogP contribution >= 0.6 is 0 Å². The molecule has 0 heterocycles. The Morgan fingerprint density at radius 3 is 2.82 bits per heavy atom. The zero-order valence-corrected chi connectivity index (χ0v) is 9.63. The summed E-state index contributed by atoms with van der Waals surface area (Å²) in [5, 5.41) is 18.2. The van der Waals surface area contributed by atoms with Crippen LogP contribution in [0.15, 0.2) is 24.3 Å². The van der Waals surface area contributed by atoms with Crippen molar-refractivity contribution in [3.63, 3.8) is 0 Å². The Hall–Kier alpha value is -1.75. The Labute approximate surface area is 99.6 Å². The van der Waals surface area contributed by atoms with E-state index in [0.717, 1.165) is 0 Å². The molecule has 5 nitrogen and oxygen atoms in total. The summed E-state index contributed by atoms with van der Waals surface area (Å²) in [7, 11) is 1.52. The molecule has 1 aromatic carbocycles. The molecule has 0 aromatic heterocycles. The molecule has 0 spiro atoms. The van der Waals surface area contributed by atoms with Gasteiger partial charge in [-0.2, -0.15) is 0 Å². The molecular weight excluding hydrogens is 224 g/mol. The van der Waals surface area contributed by atoms with Crippen molar-refractivity contribution < 1.29 is 24.5 Å². The first-order valence-corrected chi connectivity index (χ1v) is 5.27. The van der Waals surface area contributed by atoms with Crippen LogP contribution < -0.4 is 4.74 Å². The predicted molar refractivity (Wildman–Crippen MR) is 61.2 cm³/mol. The number of benzene rings is 1. The van der Waals surface area contributed by atoms with Crippen LogP contribution in [0.4, 0.5) is 0 Å². The number of hydrogen-bond donors (Lipinski definition) is 2. The van der Waals surface area contributed by atoms with Crippen LogP contribution in [0.5, 0.6) is 11.5 Å². The predicted octanol–water partition coefficient (Wildman–Crippen LogP) is 1.51. The molecule has 0 saturated heterocycles. The van der Waals surface area contributed by atoms with E-state index in [2.05, 4.69) is 0 Å². The number of hydrogen-bond acceptors (Lipinski definition) is 4. The van der Waals surface area contributed by atoms with E-state index >= 15 is 0 Å². The highest BCUT2D eigenvalue weighted by Crippen LogP contribution is 2.18. The number of carboxylic acid groups (broad SMARTS) is 1. The van der Waals surface area contributed by atoms with E-state index in [-0.39, 0.29) is 12.4 Å². The van der Waals surface area contributed by atoms with Crippen LogP contribution in [-0.2, 0) is 9.53 Å². The molecule has 0 saturated carbocycles. The molecule has 0 bridgehead atoms. The van der Waals surface area contributed by atoms with E-state index < -0.39 is 11.9 Å². The maximum absolute atomic E-state index is 10.9. The van der Waals surface area contributed by atoms with Gasteiger partial charge in [-0.1, -0.05) is 6.07 Å². The minimum Gasteiger partial charge on any atom is -0.508 e. The summed E-state index contributed by atoms with van der Waals surface area (Å²) in [6.07, 6.45) is 0.394. The van der Waals surface area contributed by atoms with Gasteiger partial charge in [0, 0.05) is 19.8 Å². The van der Waals surface area contributed by atoms with Crippen LogP contribution in [0, 0.1) is 5.92 Å². The van der Waals surface area contributed by atoms with Gasteiger partial charge >= 0.3 is 5.97 Å². The van der Waals surface area contributed by atoms with Gasteiger partial charge in [0.1, 0.15) is 18.1 Å². The number of phenols is 1. The van der Waals surface area contributed by atoms with E-state index in [1.165, 1.54) is 19.2 Å². The molecule has 0 fully saturated rings. The van der Waals surface area contributed by atoms with Crippen LogP contribution in [-0.4, -0.2) is 36.5 Å². The van der Waals surface area contributed by atoms with Crippen LogP contribution in [0.1, 0.15) is 6.42 Å². The number of phenolic OH excluding ortho intramolecular Hbond substituents is 1. The second-order valence-corrected chi connectivity index (χ2v) is 3.62. The minimum absolute atomic E-state index is 0.0577. The maximum atomic E-state index is 10.9. The molecule has 0 aliphatic rings. The third-order valence-electron chi connectivity index (χ3n) is 2.29. The number of rotatable bonds is 7. The maximum Gasteiger partial charge on any atom is 0.310 e. The van der Waals surface area contributed by atoms with Gasteiger partial charge in [0.05, 0.1) is 5.92 Å². The number of carboxylic acids is 1. The third-order valence-corrected chi connectivity index (χ3v) is 2.29. The number of ether oxygens (including phenoxy) is 2. The molecular formula is C12H16O5. The topological polar surface area (TPSA) is 76.0 Å². The fraction of sp³-hybridized carbons (Fsp3) is 0.417. The SMILES string of the molecule is COCCC(COc1cccc(O)c1)C(=O)O. The summed E-state index contributed by atoms with van der Waals surface area (Å²) in [5.41, 5.74) is 0. The van der Waals surface area contributed by atoms with E-state index in [1.807, 2.05) is 0 Å². The molecule has 0 amide bonds. The van der Waals surface area contributed by atoms with Gasteiger partial charge in [-0.3, -0.25) is 4.79 Å². The van der Waals surface area contributed by atoms with E-state index in [0.29, 0.717) is 18.8 Å². The van der Waals surface area contributed by atoms with Crippen LogP contribution in [0.25, 0.3) is 0 Å². The van der Waals surface area contributed by atoms with Gasteiger partial charge < -0.3 is 19.7 Å². The number of carbonyl (C=O) groups is 1. The van der Waals surface area contributed by atoms with Crippen molar-refractivity contribution in [1.82, 2.24) is 0 Å². The fourth-order valence-corrected chi connectivity index (χ4v) is 1.31. The van der Waals surface area contributed by atoms with Gasteiger partial charge in [-0.25, -0.2) is 0 Å². The molecule has 1 rings (SSSR count). The lowest BCUT2D eigenvalue weighted by Crippen LogP contribution is -2.23. The highest BCUT2D eigenvalue weighted by molar-refractivity contribution is 5.70. The van der Waals surface area contributed by atoms with Gasteiger partial charge in [-0.05, 0) is 18.6 Å². The lowest BCUT2D eigenvalue weighted by molar-refractivity contribution is -0.143. The largest absolute Gasteiger partial charge is 0.508 e. The average Bonchev–Trinajstić information content (AvgIpc) is 2.28. The molecule has 94 valence electrons. The first kappa shape index (κ1) is 13.3. The Bertz CT molecular complexity index is 364. The molecule has 0 radical (unpaired) electrons. The van der Waals surface area contributed by atoms with Crippen molar-refractivity contribution in [2.75, 3.05) is 20.3 Å². The normalized spacial score (nSPS) is 12.1. The van der Waals surface area contributed by atoms with Crippen LogP contribution in [0.3, 0.4) is 0 Å². The first-order valence-electron chi connectivity index (χ1n) is 5.27. The number of aliphatic carboxylic acids is 1. The van der Waals surface area contributed by atoms with Crippen LogP contribution in [0.2, 0.25) is 0 Å². The smallest absolute Gasteiger partial charge is 0.310 e. The number of methoxy groups -OCH3 is 1. The standard InChI is InChI=1S/C12H16O5/c1-16-6-5-9(12(14)15)8-17-11-4-2-3-10(13)7-11/h2-4,7,9,13H,5-6,8H2,1H3,(H,14,15). The van der Waals surface area contributed by atoms with Gasteiger partial charge in [-0.15, -0.1) is 0 Å². The summed E-state index contributed by atoms with van der Waals surface area (Å²) in [4.78, 5) is 10.9. The number of aromatic hydroxyl groups is 1. The lowest BCUT2D eigenvalue weighted by Gasteiger charge is -2.13. The van der Waals surface area contributed by atoms with E-state index in [1.54, 1.807) is 12.1 Å². The molecule has 1 atom stereocenters. The average molecular weight is 240 g/mol. The molecule has 17 heavy (non-hydrogen) atoms. The lowest BCUT2D eigenvalue weighted by atomic mass is 10.1. The quantitative estimate of drug-likeness (QED) is 0.755. The highest BCUT2D eigenvalue weighted by atomic mass is 16.5. The van der Waals surface area contributed by atoms with Crippen molar-refractivity contribution in [2.24, 2.45) is 5.92 Å². The van der Waals surface area contributed by atoms with Gasteiger partial charge in [0.2, 0.25) is 0 Å². The summed E-state index contributed by atoms with van der Waals surface area (Å²) in [6, 6.07) is 6.26.